The third-order valence-corrected chi connectivity index (χ3v) is 4.65. The minimum atomic E-state index is -2.55. The largest absolute Gasteiger partial charge is 0.487 e. The minimum Gasteiger partial charge on any atom is -0.487 e. The van der Waals surface area contributed by atoms with Gasteiger partial charge in [0.05, 0.1) is 4.88 Å². The zero-order valence-corrected chi connectivity index (χ0v) is 15.2. The van der Waals surface area contributed by atoms with Gasteiger partial charge in [0.2, 0.25) is 0 Å². The zero-order chi connectivity index (χ0) is 17.9. The van der Waals surface area contributed by atoms with E-state index in [1.54, 1.807) is 0 Å². The maximum Gasteiger partial charge on any atom is 0.272 e. The molecule has 2 aromatic rings. The van der Waals surface area contributed by atoms with Gasteiger partial charge >= 0.3 is 0 Å². The van der Waals surface area contributed by atoms with E-state index in [4.69, 9.17) is 4.74 Å². The summed E-state index contributed by atoms with van der Waals surface area (Å²) in [6.45, 7) is 7.45. The normalized spacial score (nSPS) is 11.8. The summed E-state index contributed by atoms with van der Waals surface area (Å²) in [4.78, 5) is 11.9. The van der Waals surface area contributed by atoms with Crippen molar-refractivity contribution >= 4 is 17.6 Å². The van der Waals surface area contributed by atoms with Crippen molar-refractivity contribution in [1.82, 2.24) is 0 Å². The highest BCUT2D eigenvalue weighted by atomic mass is 32.1. The van der Waals surface area contributed by atoms with E-state index >= 15 is 0 Å². The van der Waals surface area contributed by atoms with E-state index in [9.17, 15) is 13.6 Å². The molecule has 0 saturated carbocycles. The fraction of sp³-hybridized carbons (Fsp3) is 0.421. The first kappa shape index (κ1) is 18.6. The Hall–Kier alpha value is -1.75. The lowest BCUT2D eigenvalue weighted by molar-refractivity contribution is 0.0812. The number of benzene rings is 1. The molecule has 1 aromatic heterocycles. The van der Waals surface area contributed by atoms with Crippen LogP contribution in [0, 0.1) is 0 Å². The van der Waals surface area contributed by atoms with Crippen molar-refractivity contribution < 1.29 is 18.3 Å². The van der Waals surface area contributed by atoms with Gasteiger partial charge in [-0.05, 0) is 34.9 Å². The number of carbonyl (C=O) groups excluding carboxylic acids is 1. The average molecular weight is 352 g/mol. The number of carbonyl (C=O) groups is 1. The lowest BCUT2D eigenvalue weighted by Crippen LogP contribution is -2.17. The fourth-order valence-electron chi connectivity index (χ4n) is 2.59. The zero-order valence-electron chi connectivity index (χ0n) is 14.4. The highest BCUT2D eigenvalue weighted by molar-refractivity contribution is 7.12. The van der Waals surface area contributed by atoms with Crippen molar-refractivity contribution in [2.75, 3.05) is 6.61 Å². The number of ether oxygens (including phenoxy) is 1. The monoisotopic (exact) mass is 352 g/mol. The second-order valence-corrected chi connectivity index (χ2v) is 7.59. The summed E-state index contributed by atoms with van der Waals surface area (Å²) in [7, 11) is 0. The fourth-order valence-corrected chi connectivity index (χ4v) is 3.30. The quantitative estimate of drug-likeness (QED) is 0.621. The predicted molar refractivity (Wildman–Crippen MR) is 94.7 cm³/mol. The molecule has 0 bridgehead atoms. The van der Waals surface area contributed by atoms with Gasteiger partial charge in [-0.3, -0.25) is 4.79 Å². The van der Waals surface area contributed by atoms with Crippen molar-refractivity contribution in [3.05, 3.63) is 39.6 Å². The number of halogens is 2. The Morgan fingerprint density at radius 1 is 1.25 bits per heavy atom. The van der Waals surface area contributed by atoms with Gasteiger partial charge in [-0.25, -0.2) is 8.78 Å². The van der Waals surface area contributed by atoms with Crippen molar-refractivity contribution in [2.45, 2.75) is 46.0 Å². The molecule has 0 radical (unpaired) electrons. The third-order valence-electron chi connectivity index (χ3n) is 3.81. The van der Waals surface area contributed by atoms with Gasteiger partial charge in [-0.1, -0.05) is 33.8 Å². The SMILES string of the molecule is CCc1cc(-c2ccsc2C=O)c(OCC(F)F)c(C(C)(C)C)c1. The van der Waals surface area contributed by atoms with Gasteiger partial charge in [0, 0.05) is 16.7 Å². The summed E-state index contributed by atoms with van der Waals surface area (Å²) in [5.41, 5.74) is 3.14. The lowest BCUT2D eigenvalue weighted by Gasteiger charge is -2.26. The molecule has 0 atom stereocenters. The summed E-state index contributed by atoms with van der Waals surface area (Å²) in [5, 5.41) is 1.82. The molecule has 0 fully saturated rings. The number of rotatable bonds is 6. The van der Waals surface area contributed by atoms with Crippen LogP contribution in [0.1, 0.15) is 48.5 Å². The number of aldehydes is 1. The van der Waals surface area contributed by atoms with Crippen LogP contribution in [-0.2, 0) is 11.8 Å². The van der Waals surface area contributed by atoms with Crippen LogP contribution in [0.25, 0.3) is 11.1 Å². The van der Waals surface area contributed by atoms with Gasteiger partial charge in [-0.15, -0.1) is 11.3 Å². The molecule has 0 saturated heterocycles. The molecule has 0 aliphatic rings. The molecule has 1 heterocycles. The molecule has 24 heavy (non-hydrogen) atoms. The van der Waals surface area contributed by atoms with Gasteiger partial charge in [0.1, 0.15) is 12.4 Å². The molecule has 1 aromatic carbocycles. The van der Waals surface area contributed by atoms with E-state index in [1.165, 1.54) is 11.3 Å². The molecular formula is C19H22F2O2S. The minimum absolute atomic E-state index is 0.269. The molecule has 130 valence electrons. The topological polar surface area (TPSA) is 26.3 Å². The number of thiophene rings is 1. The molecule has 2 nitrogen and oxygen atoms in total. The Morgan fingerprint density at radius 2 is 1.96 bits per heavy atom. The van der Waals surface area contributed by atoms with E-state index in [0.717, 1.165) is 29.4 Å². The van der Waals surface area contributed by atoms with E-state index in [1.807, 2.05) is 51.3 Å². The number of alkyl halides is 2. The Morgan fingerprint density at radius 3 is 2.50 bits per heavy atom. The lowest BCUT2D eigenvalue weighted by atomic mass is 9.82. The maximum atomic E-state index is 12.7. The predicted octanol–water partition coefficient (Wildman–Crippen LogP) is 5.73. The van der Waals surface area contributed by atoms with Crippen LogP contribution >= 0.6 is 11.3 Å². The van der Waals surface area contributed by atoms with E-state index in [0.29, 0.717) is 16.2 Å². The first-order chi connectivity index (χ1) is 11.3. The maximum absolute atomic E-state index is 12.7. The summed E-state index contributed by atoms with van der Waals surface area (Å²) < 4.78 is 31.0. The van der Waals surface area contributed by atoms with E-state index < -0.39 is 13.0 Å². The second-order valence-electron chi connectivity index (χ2n) is 6.64. The smallest absolute Gasteiger partial charge is 0.272 e. The molecule has 5 heteroatoms. The molecule has 0 unspecified atom stereocenters. The second kappa shape index (κ2) is 7.43. The Balaban J connectivity index is 2.72. The van der Waals surface area contributed by atoms with Crippen LogP contribution in [0.4, 0.5) is 8.78 Å². The highest BCUT2D eigenvalue weighted by Crippen LogP contribution is 2.42. The van der Waals surface area contributed by atoms with E-state index in [2.05, 4.69) is 0 Å². The Labute approximate surface area is 145 Å². The summed E-state index contributed by atoms with van der Waals surface area (Å²) >= 11 is 1.33. The first-order valence-electron chi connectivity index (χ1n) is 7.89. The van der Waals surface area contributed by atoms with Crippen LogP contribution in [0.2, 0.25) is 0 Å². The summed E-state index contributed by atoms with van der Waals surface area (Å²) in [5.74, 6) is 0.446. The average Bonchev–Trinajstić information content (AvgIpc) is 2.99. The molecule has 0 N–H and O–H groups in total. The van der Waals surface area contributed by atoms with Crippen LogP contribution in [-0.4, -0.2) is 19.3 Å². The van der Waals surface area contributed by atoms with Crippen molar-refractivity contribution in [2.24, 2.45) is 0 Å². The first-order valence-corrected chi connectivity index (χ1v) is 8.77. The van der Waals surface area contributed by atoms with Gasteiger partial charge in [-0.2, -0.15) is 0 Å². The molecule has 0 amide bonds. The molecule has 0 aliphatic heterocycles. The van der Waals surface area contributed by atoms with Crippen LogP contribution < -0.4 is 4.74 Å². The molecular weight excluding hydrogens is 330 g/mol. The van der Waals surface area contributed by atoms with Gasteiger partial charge in [0.25, 0.3) is 6.43 Å². The third kappa shape index (κ3) is 4.01. The standard InChI is InChI=1S/C19H22F2O2S/c1-5-12-8-14(13-6-7-24-16(13)10-22)18(23-11-17(20)21)15(9-12)19(2,3)4/h6-10,17H,5,11H2,1-4H3. The molecule has 2 rings (SSSR count). The van der Waals surface area contributed by atoms with Crippen LogP contribution in [0.5, 0.6) is 5.75 Å². The Bertz CT molecular complexity index is 715. The van der Waals surface area contributed by atoms with Crippen LogP contribution in [0.3, 0.4) is 0 Å². The number of hydrogen-bond acceptors (Lipinski definition) is 3. The Kier molecular flexibility index (Phi) is 5.75. The van der Waals surface area contributed by atoms with E-state index in [-0.39, 0.29) is 5.41 Å². The summed E-state index contributed by atoms with van der Waals surface area (Å²) in [6, 6.07) is 5.78. The number of aryl methyl sites for hydroxylation is 1. The van der Waals surface area contributed by atoms with Crippen molar-refractivity contribution in [3.8, 4) is 16.9 Å². The van der Waals surface area contributed by atoms with Gasteiger partial charge < -0.3 is 4.74 Å². The van der Waals surface area contributed by atoms with Crippen molar-refractivity contribution in [1.29, 1.82) is 0 Å². The molecule has 0 spiro atoms. The summed E-state index contributed by atoms with van der Waals surface area (Å²) in [6.07, 6.45) is -0.942. The number of hydrogen-bond donors (Lipinski definition) is 0. The molecule has 0 aliphatic carbocycles. The van der Waals surface area contributed by atoms with Crippen LogP contribution in [0.15, 0.2) is 23.6 Å². The highest BCUT2D eigenvalue weighted by Gasteiger charge is 2.25. The van der Waals surface area contributed by atoms with Crippen molar-refractivity contribution in [3.63, 3.8) is 0 Å². The van der Waals surface area contributed by atoms with Gasteiger partial charge in [0.15, 0.2) is 6.29 Å².